The standard InChI is InChI=1S/C14H16BrN3/c1-9-4-3-5-13(10(9)2)14(18-16)11-6-12(15)8-17-7-11/h3-8,14,18H,16H2,1-2H3. The first kappa shape index (κ1) is 13.2. The van der Waals surface area contributed by atoms with Crippen LogP contribution in [0.3, 0.4) is 0 Å². The molecule has 0 radical (unpaired) electrons. The van der Waals surface area contributed by atoms with Gasteiger partial charge < -0.3 is 0 Å². The first-order chi connectivity index (χ1) is 8.63. The second kappa shape index (κ2) is 5.61. The maximum atomic E-state index is 5.71. The van der Waals surface area contributed by atoms with Crippen LogP contribution in [-0.2, 0) is 0 Å². The summed E-state index contributed by atoms with van der Waals surface area (Å²) in [6, 6.07) is 8.22. The Morgan fingerprint density at radius 3 is 2.72 bits per heavy atom. The van der Waals surface area contributed by atoms with Crippen molar-refractivity contribution in [2.75, 3.05) is 0 Å². The normalized spacial score (nSPS) is 12.4. The maximum absolute atomic E-state index is 5.71. The molecular weight excluding hydrogens is 290 g/mol. The monoisotopic (exact) mass is 305 g/mol. The van der Waals surface area contributed by atoms with E-state index >= 15 is 0 Å². The third-order valence-electron chi connectivity index (χ3n) is 3.18. The lowest BCUT2D eigenvalue weighted by atomic mass is 9.94. The number of benzene rings is 1. The summed E-state index contributed by atoms with van der Waals surface area (Å²) in [5.41, 5.74) is 7.60. The van der Waals surface area contributed by atoms with Gasteiger partial charge >= 0.3 is 0 Å². The van der Waals surface area contributed by atoms with Crippen molar-refractivity contribution >= 4 is 15.9 Å². The third kappa shape index (κ3) is 2.61. The molecule has 1 heterocycles. The van der Waals surface area contributed by atoms with Crippen LogP contribution in [0.5, 0.6) is 0 Å². The number of nitrogens with zero attached hydrogens (tertiary/aromatic N) is 1. The number of hydrazine groups is 1. The van der Waals surface area contributed by atoms with Crippen LogP contribution in [0.2, 0.25) is 0 Å². The van der Waals surface area contributed by atoms with E-state index in [-0.39, 0.29) is 6.04 Å². The topological polar surface area (TPSA) is 50.9 Å². The van der Waals surface area contributed by atoms with Gasteiger partial charge in [0.15, 0.2) is 0 Å². The van der Waals surface area contributed by atoms with Crippen LogP contribution >= 0.6 is 15.9 Å². The van der Waals surface area contributed by atoms with Gasteiger partial charge in [-0.25, -0.2) is 5.43 Å². The Kier molecular flexibility index (Phi) is 4.11. The van der Waals surface area contributed by atoms with Gasteiger partial charge in [-0.1, -0.05) is 18.2 Å². The molecule has 0 fully saturated rings. The Bertz CT molecular complexity index is 554. The van der Waals surface area contributed by atoms with Gasteiger partial charge in [-0.2, -0.15) is 0 Å². The summed E-state index contributed by atoms with van der Waals surface area (Å²) < 4.78 is 0.950. The summed E-state index contributed by atoms with van der Waals surface area (Å²) in [5, 5.41) is 0. The minimum Gasteiger partial charge on any atom is -0.271 e. The summed E-state index contributed by atoms with van der Waals surface area (Å²) >= 11 is 3.43. The van der Waals surface area contributed by atoms with Crippen molar-refractivity contribution in [2.24, 2.45) is 5.84 Å². The Balaban J connectivity index is 2.49. The molecule has 0 spiro atoms. The van der Waals surface area contributed by atoms with Crippen LogP contribution in [0, 0.1) is 13.8 Å². The molecule has 0 aliphatic rings. The predicted molar refractivity (Wildman–Crippen MR) is 77.0 cm³/mol. The van der Waals surface area contributed by atoms with Gasteiger partial charge in [0.25, 0.3) is 0 Å². The smallest absolute Gasteiger partial charge is 0.0728 e. The number of hydrogen-bond acceptors (Lipinski definition) is 3. The van der Waals surface area contributed by atoms with Gasteiger partial charge in [0.05, 0.1) is 6.04 Å². The molecule has 2 rings (SSSR count). The van der Waals surface area contributed by atoms with Gasteiger partial charge in [0.2, 0.25) is 0 Å². The number of aromatic nitrogens is 1. The molecular formula is C14H16BrN3. The maximum Gasteiger partial charge on any atom is 0.0728 e. The Labute approximate surface area is 116 Å². The molecule has 0 bridgehead atoms. The first-order valence-electron chi connectivity index (χ1n) is 5.76. The number of aryl methyl sites for hydroxylation is 1. The van der Waals surface area contributed by atoms with E-state index in [1.165, 1.54) is 16.7 Å². The highest BCUT2D eigenvalue weighted by Crippen LogP contribution is 2.26. The van der Waals surface area contributed by atoms with E-state index in [4.69, 9.17) is 5.84 Å². The van der Waals surface area contributed by atoms with Crippen molar-refractivity contribution in [3.63, 3.8) is 0 Å². The highest BCUT2D eigenvalue weighted by atomic mass is 79.9. The zero-order valence-corrected chi connectivity index (χ0v) is 12.0. The van der Waals surface area contributed by atoms with E-state index in [1.54, 1.807) is 6.20 Å². The van der Waals surface area contributed by atoms with Crippen molar-refractivity contribution in [3.05, 3.63) is 63.4 Å². The van der Waals surface area contributed by atoms with Crippen LogP contribution in [0.15, 0.2) is 41.1 Å². The zero-order chi connectivity index (χ0) is 13.1. The Hall–Kier alpha value is -1.23. The van der Waals surface area contributed by atoms with E-state index < -0.39 is 0 Å². The van der Waals surface area contributed by atoms with Gasteiger partial charge in [-0.05, 0) is 58.1 Å². The molecule has 1 aromatic heterocycles. The van der Waals surface area contributed by atoms with Crippen molar-refractivity contribution < 1.29 is 0 Å². The molecule has 2 aromatic rings. The first-order valence-corrected chi connectivity index (χ1v) is 6.55. The molecule has 0 amide bonds. The molecule has 1 unspecified atom stereocenters. The fraction of sp³-hybridized carbons (Fsp3) is 0.214. The van der Waals surface area contributed by atoms with Crippen molar-refractivity contribution in [3.8, 4) is 0 Å². The van der Waals surface area contributed by atoms with E-state index in [1.807, 2.05) is 18.3 Å². The minimum absolute atomic E-state index is 0.0464. The average Bonchev–Trinajstić information content (AvgIpc) is 2.35. The average molecular weight is 306 g/mol. The summed E-state index contributed by atoms with van der Waals surface area (Å²) in [4.78, 5) is 4.19. The lowest BCUT2D eigenvalue weighted by molar-refractivity contribution is 0.630. The molecule has 94 valence electrons. The van der Waals surface area contributed by atoms with Gasteiger partial charge in [0.1, 0.15) is 0 Å². The number of nitrogens with one attached hydrogen (secondary N) is 1. The molecule has 4 heteroatoms. The fourth-order valence-electron chi connectivity index (χ4n) is 2.04. The van der Waals surface area contributed by atoms with E-state index in [0.717, 1.165) is 10.0 Å². The zero-order valence-electron chi connectivity index (χ0n) is 10.4. The van der Waals surface area contributed by atoms with Gasteiger partial charge in [-0.3, -0.25) is 10.8 Å². The van der Waals surface area contributed by atoms with E-state index in [2.05, 4.69) is 52.3 Å². The predicted octanol–water partition coefficient (Wildman–Crippen LogP) is 3.01. The third-order valence-corrected chi connectivity index (χ3v) is 3.62. The van der Waals surface area contributed by atoms with Gasteiger partial charge in [-0.15, -0.1) is 0 Å². The van der Waals surface area contributed by atoms with Crippen molar-refractivity contribution in [2.45, 2.75) is 19.9 Å². The summed E-state index contributed by atoms with van der Waals surface area (Å²) in [5.74, 6) is 5.71. The van der Waals surface area contributed by atoms with E-state index in [0.29, 0.717) is 0 Å². The quantitative estimate of drug-likeness (QED) is 0.677. The molecule has 18 heavy (non-hydrogen) atoms. The largest absolute Gasteiger partial charge is 0.271 e. The molecule has 1 aromatic carbocycles. The molecule has 3 N–H and O–H groups in total. The number of nitrogens with two attached hydrogens (primary N) is 1. The molecule has 1 atom stereocenters. The van der Waals surface area contributed by atoms with E-state index in [9.17, 15) is 0 Å². The Morgan fingerprint density at radius 1 is 1.28 bits per heavy atom. The summed E-state index contributed by atoms with van der Waals surface area (Å²) in [7, 11) is 0. The van der Waals surface area contributed by atoms with Crippen molar-refractivity contribution in [1.82, 2.24) is 10.4 Å². The van der Waals surface area contributed by atoms with Crippen LogP contribution in [0.1, 0.15) is 28.3 Å². The number of halogens is 1. The second-order valence-electron chi connectivity index (χ2n) is 4.33. The number of rotatable bonds is 3. The SMILES string of the molecule is Cc1cccc(C(NN)c2cncc(Br)c2)c1C. The second-order valence-corrected chi connectivity index (χ2v) is 5.24. The summed E-state index contributed by atoms with van der Waals surface area (Å²) in [6.07, 6.45) is 3.59. The van der Waals surface area contributed by atoms with Crippen LogP contribution < -0.4 is 11.3 Å². The molecule has 0 aliphatic heterocycles. The molecule has 3 nitrogen and oxygen atoms in total. The number of hydrogen-bond donors (Lipinski definition) is 2. The minimum atomic E-state index is -0.0464. The molecule has 0 saturated heterocycles. The summed E-state index contributed by atoms with van der Waals surface area (Å²) in [6.45, 7) is 4.21. The fourth-order valence-corrected chi connectivity index (χ4v) is 2.42. The van der Waals surface area contributed by atoms with Crippen LogP contribution in [-0.4, -0.2) is 4.98 Å². The highest BCUT2D eigenvalue weighted by molar-refractivity contribution is 9.10. The molecule has 0 saturated carbocycles. The number of pyridine rings is 1. The van der Waals surface area contributed by atoms with Crippen LogP contribution in [0.25, 0.3) is 0 Å². The lowest BCUT2D eigenvalue weighted by Crippen LogP contribution is -2.29. The van der Waals surface area contributed by atoms with Gasteiger partial charge in [0, 0.05) is 16.9 Å². The molecule has 0 aliphatic carbocycles. The van der Waals surface area contributed by atoms with Crippen LogP contribution in [0.4, 0.5) is 0 Å². The highest BCUT2D eigenvalue weighted by Gasteiger charge is 2.15. The Morgan fingerprint density at radius 2 is 2.06 bits per heavy atom. The lowest BCUT2D eigenvalue weighted by Gasteiger charge is -2.20. The van der Waals surface area contributed by atoms with Crippen molar-refractivity contribution in [1.29, 1.82) is 0 Å².